The van der Waals surface area contributed by atoms with Crippen molar-refractivity contribution in [2.75, 3.05) is 0 Å². The van der Waals surface area contributed by atoms with Crippen molar-refractivity contribution in [1.29, 1.82) is 0 Å². The molecule has 0 amide bonds. The summed E-state index contributed by atoms with van der Waals surface area (Å²) in [7, 11) is 0. The topological polar surface area (TPSA) is 37.3 Å². The summed E-state index contributed by atoms with van der Waals surface area (Å²) < 4.78 is 2.07. The molecule has 0 saturated heterocycles. The zero-order valence-electron chi connectivity index (χ0n) is 7.37. The molecule has 72 valence electrons. The fourth-order valence-corrected chi connectivity index (χ4v) is 3.04. The van der Waals surface area contributed by atoms with Crippen LogP contribution in [0.2, 0.25) is 0 Å². The molecule has 0 aliphatic carbocycles. The van der Waals surface area contributed by atoms with Gasteiger partial charge in [0.1, 0.15) is 0 Å². The number of fused-ring (bicyclic) bond motifs is 1. The van der Waals surface area contributed by atoms with Crippen molar-refractivity contribution in [2.24, 2.45) is 0 Å². The van der Waals surface area contributed by atoms with Gasteiger partial charge in [-0.2, -0.15) is 0 Å². The molecule has 14 heavy (non-hydrogen) atoms. The molecule has 0 fully saturated rings. The van der Waals surface area contributed by atoms with Gasteiger partial charge in [0.25, 0.3) is 0 Å². The fourth-order valence-electron chi connectivity index (χ4n) is 1.32. The predicted molar refractivity (Wildman–Crippen MR) is 61.2 cm³/mol. The van der Waals surface area contributed by atoms with Crippen LogP contribution in [0.15, 0.2) is 22.7 Å². The van der Waals surface area contributed by atoms with E-state index in [4.69, 9.17) is 5.11 Å². The van der Waals surface area contributed by atoms with Gasteiger partial charge in [-0.15, -0.1) is 11.3 Å². The Bertz CT molecular complexity index is 516. The first-order chi connectivity index (χ1) is 6.59. The number of hydrogen-bond donors (Lipinski definition) is 1. The molecule has 4 heteroatoms. The van der Waals surface area contributed by atoms with Gasteiger partial charge < -0.3 is 5.11 Å². The van der Waals surface area contributed by atoms with Crippen molar-refractivity contribution < 1.29 is 9.90 Å². The maximum atomic E-state index is 10.7. The summed E-state index contributed by atoms with van der Waals surface area (Å²) in [4.78, 5) is 11.9. The van der Waals surface area contributed by atoms with Gasteiger partial charge in [0.15, 0.2) is 0 Å². The molecule has 0 bridgehead atoms. The number of aryl methyl sites for hydroxylation is 1. The maximum Gasteiger partial charge on any atom is 0.335 e. The highest BCUT2D eigenvalue weighted by Gasteiger charge is 2.09. The van der Waals surface area contributed by atoms with Gasteiger partial charge in [-0.05, 0) is 35.0 Å². The highest BCUT2D eigenvalue weighted by atomic mass is 79.9. The van der Waals surface area contributed by atoms with Gasteiger partial charge in [0.05, 0.1) is 5.56 Å². The highest BCUT2D eigenvalue weighted by Crippen LogP contribution is 2.35. The minimum atomic E-state index is -0.880. The summed E-state index contributed by atoms with van der Waals surface area (Å²) >= 11 is 5.08. The molecule has 0 aliphatic heterocycles. The van der Waals surface area contributed by atoms with Crippen molar-refractivity contribution in [3.8, 4) is 0 Å². The van der Waals surface area contributed by atoms with E-state index < -0.39 is 5.97 Å². The third-order valence-corrected chi connectivity index (χ3v) is 4.39. The molecule has 0 radical (unpaired) electrons. The highest BCUT2D eigenvalue weighted by molar-refractivity contribution is 9.10. The first kappa shape index (κ1) is 9.68. The lowest BCUT2D eigenvalue weighted by molar-refractivity contribution is 0.0697. The van der Waals surface area contributed by atoms with Crippen LogP contribution in [0.4, 0.5) is 0 Å². The molecule has 0 aliphatic rings. The van der Waals surface area contributed by atoms with Crippen LogP contribution in [0, 0.1) is 6.92 Å². The number of halogens is 1. The Morgan fingerprint density at radius 3 is 2.86 bits per heavy atom. The van der Waals surface area contributed by atoms with Crippen LogP contribution < -0.4 is 0 Å². The minimum absolute atomic E-state index is 0.339. The van der Waals surface area contributed by atoms with Crippen LogP contribution >= 0.6 is 27.3 Å². The number of benzene rings is 1. The molecular formula is C10H7BrO2S. The average molecular weight is 271 g/mol. The Kier molecular flexibility index (Phi) is 2.33. The summed E-state index contributed by atoms with van der Waals surface area (Å²) in [5.41, 5.74) is 0.339. The molecule has 0 spiro atoms. The number of carboxylic acid groups (broad SMARTS) is 1. The summed E-state index contributed by atoms with van der Waals surface area (Å²) in [5, 5.41) is 9.89. The van der Waals surface area contributed by atoms with Crippen molar-refractivity contribution in [3.63, 3.8) is 0 Å². The first-order valence-electron chi connectivity index (χ1n) is 4.01. The molecule has 1 heterocycles. The largest absolute Gasteiger partial charge is 0.478 e. The van der Waals surface area contributed by atoms with Crippen molar-refractivity contribution in [1.82, 2.24) is 0 Å². The first-order valence-corrected chi connectivity index (χ1v) is 5.62. The van der Waals surface area contributed by atoms with E-state index in [9.17, 15) is 4.79 Å². The van der Waals surface area contributed by atoms with E-state index in [2.05, 4.69) is 15.9 Å². The summed E-state index contributed by atoms with van der Waals surface area (Å²) in [6.07, 6.45) is 0. The van der Waals surface area contributed by atoms with Gasteiger partial charge in [0.2, 0.25) is 0 Å². The molecule has 2 rings (SSSR count). The third-order valence-electron chi connectivity index (χ3n) is 2.04. The zero-order chi connectivity index (χ0) is 10.3. The van der Waals surface area contributed by atoms with Gasteiger partial charge in [-0.3, -0.25) is 0 Å². The van der Waals surface area contributed by atoms with Crippen LogP contribution in [0.25, 0.3) is 10.1 Å². The Morgan fingerprint density at radius 1 is 1.50 bits per heavy atom. The number of rotatable bonds is 1. The van der Waals surface area contributed by atoms with Crippen LogP contribution in [0.1, 0.15) is 15.2 Å². The lowest BCUT2D eigenvalue weighted by Gasteiger charge is -1.94. The number of thiophene rings is 1. The lowest BCUT2D eigenvalue weighted by Crippen LogP contribution is -1.94. The molecule has 0 atom stereocenters. The third kappa shape index (κ3) is 1.44. The molecule has 0 saturated carbocycles. The Labute approximate surface area is 93.3 Å². The molecule has 2 aromatic rings. The Balaban J connectivity index is 2.73. The van der Waals surface area contributed by atoms with Gasteiger partial charge in [-0.25, -0.2) is 4.79 Å². The summed E-state index contributed by atoms with van der Waals surface area (Å²) in [5.74, 6) is -0.880. The van der Waals surface area contributed by atoms with Gasteiger partial charge in [-0.1, -0.05) is 6.07 Å². The molecule has 1 N–H and O–H groups in total. The minimum Gasteiger partial charge on any atom is -0.478 e. The van der Waals surface area contributed by atoms with E-state index in [1.54, 1.807) is 23.5 Å². The quantitative estimate of drug-likeness (QED) is 0.859. The van der Waals surface area contributed by atoms with Gasteiger partial charge in [0, 0.05) is 19.4 Å². The molecule has 1 aromatic heterocycles. The molecular weight excluding hydrogens is 264 g/mol. The smallest absolute Gasteiger partial charge is 0.335 e. The van der Waals surface area contributed by atoms with E-state index in [1.807, 2.05) is 13.0 Å². The number of aromatic carboxylic acids is 1. The van der Waals surface area contributed by atoms with Crippen LogP contribution in [0.5, 0.6) is 0 Å². The molecule has 0 unspecified atom stereocenters. The van der Waals surface area contributed by atoms with E-state index in [0.29, 0.717) is 5.56 Å². The maximum absolute atomic E-state index is 10.7. The van der Waals surface area contributed by atoms with Crippen molar-refractivity contribution >= 4 is 43.3 Å². The van der Waals surface area contributed by atoms with Gasteiger partial charge >= 0.3 is 5.97 Å². The number of carbonyl (C=O) groups is 1. The molecule has 2 nitrogen and oxygen atoms in total. The van der Waals surface area contributed by atoms with Crippen LogP contribution in [-0.2, 0) is 0 Å². The molecule has 1 aromatic carbocycles. The second-order valence-corrected chi connectivity index (χ2v) is 5.04. The Hall–Kier alpha value is -0.870. The second-order valence-electron chi connectivity index (χ2n) is 2.99. The Morgan fingerprint density at radius 2 is 2.21 bits per heavy atom. The normalized spacial score (nSPS) is 10.7. The van der Waals surface area contributed by atoms with E-state index in [0.717, 1.165) is 14.6 Å². The standard InChI is InChI=1S/C10H7BrO2S/c1-5-9(11)7-3-2-6(10(12)13)4-8(7)14-5/h2-4H,1H3,(H,12,13). The predicted octanol–water partition coefficient (Wildman–Crippen LogP) is 3.67. The number of hydrogen-bond acceptors (Lipinski definition) is 2. The number of carboxylic acids is 1. The van der Waals surface area contributed by atoms with Crippen LogP contribution in [0.3, 0.4) is 0 Å². The summed E-state index contributed by atoms with van der Waals surface area (Å²) in [6, 6.07) is 5.17. The van der Waals surface area contributed by atoms with E-state index in [-0.39, 0.29) is 0 Å². The summed E-state index contributed by atoms with van der Waals surface area (Å²) in [6.45, 7) is 2.01. The zero-order valence-corrected chi connectivity index (χ0v) is 9.78. The van der Waals surface area contributed by atoms with Crippen molar-refractivity contribution in [3.05, 3.63) is 33.1 Å². The second kappa shape index (κ2) is 3.37. The van der Waals surface area contributed by atoms with E-state index >= 15 is 0 Å². The van der Waals surface area contributed by atoms with E-state index in [1.165, 1.54) is 4.88 Å². The average Bonchev–Trinajstić information content (AvgIpc) is 2.42. The SMILES string of the molecule is Cc1sc2cc(C(=O)O)ccc2c1Br. The van der Waals surface area contributed by atoms with Crippen LogP contribution in [-0.4, -0.2) is 11.1 Å². The monoisotopic (exact) mass is 270 g/mol. The lowest BCUT2D eigenvalue weighted by atomic mass is 10.2. The van der Waals surface area contributed by atoms with Crippen molar-refractivity contribution in [2.45, 2.75) is 6.92 Å². The fraction of sp³-hybridized carbons (Fsp3) is 0.100.